The lowest BCUT2D eigenvalue weighted by Gasteiger charge is -2.52. The van der Waals surface area contributed by atoms with Crippen molar-refractivity contribution in [2.45, 2.75) is 11.3 Å². The number of carbonyl (C=O) groups excluding carboxylic acids is 2. The summed E-state index contributed by atoms with van der Waals surface area (Å²) in [5, 5.41) is 2.70. The molecule has 0 N–H and O–H groups in total. The monoisotopic (exact) mass is 572 g/mol. The Morgan fingerprint density at radius 2 is 1.37 bits per heavy atom. The number of anilines is 1. The summed E-state index contributed by atoms with van der Waals surface area (Å²) >= 11 is 12.5. The first-order chi connectivity index (χ1) is 20.0. The lowest BCUT2D eigenvalue weighted by Crippen LogP contribution is -2.54. The predicted molar refractivity (Wildman–Crippen MR) is 164 cm³/mol. The number of carbonyl (C=O) groups is 2. The third-order valence-corrected chi connectivity index (χ3v) is 9.75. The van der Waals surface area contributed by atoms with Crippen LogP contribution in [0.4, 0.5) is 11.4 Å². The number of imide groups is 1. The molecule has 4 nitrogen and oxygen atoms in total. The van der Waals surface area contributed by atoms with Crippen LogP contribution in [0.15, 0.2) is 114 Å². The predicted octanol–water partition coefficient (Wildman–Crippen LogP) is 8.10. The maximum atomic E-state index is 14.7. The molecular weight excluding hydrogens is 551 g/mol. The van der Waals surface area contributed by atoms with Gasteiger partial charge in [-0.3, -0.25) is 14.6 Å². The van der Waals surface area contributed by atoms with E-state index in [2.05, 4.69) is 24.3 Å². The summed E-state index contributed by atoms with van der Waals surface area (Å²) in [4.78, 5) is 35.6. The van der Waals surface area contributed by atoms with Gasteiger partial charge < -0.3 is 0 Å². The number of aliphatic imine (C=N–C) groups is 1. The van der Waals surface area contributed by atoms with Crippen LogP contribution < -0.4 is 4.90 Å². The molecule has 198 valence electrons. The first-order valence-electron chi connectivity index (χ1n) is 13.6. The summed E-state index contributed by atoms with van der Waals surface area (Å²) < 4.78 is 0. The molecule has 0 unspecified atom stereocenters. The second-order valence-electron chi connectivity index (χ2n) is 10.9. The number of fused-ring (bicyclic) bond motifs is 1. The van der Waals surface area contributed by atoms with Crippen LogP contribution in [-0.2, 0) is 15.0 Å². The minimum Gasteiger partial charge on any atom is -0.274 e. The maximum Gasteiger partial charge on any atom is 0.239 e. The Balaban J connectivity index is 1.40. The highest BCUT2D eigenvalue weighted by Gasteiger charge is 2.68. The van der Waals surface area contributed by atoms with E-state index in [9.17, 15) is 9.59 Å². The van der Waals surface area contributed by atoms with Gasteiger partial charge in [0.1, 0.15) is 0 Å². The van der Waals surface area contributed by atoms with Crippen LogP contribution in [0.3, 0.4) is 0 Å². The van der Waals surface area contributed by atoms with Crippen LogP contribution in [0.5, 0.6) is 0 Å². The highest BCUT2D eigenvalue weighted by Crippen LogP contribution is 2.64. The zero-order valence-electron chi connectivity index (χ0n) is 21.7. The molecule has 0 spiro atoms. The number of benzene rings is 5. The molecule has 5 aromatic rings. The maximum absolute atomic E-state index is 14.7. The Morgan fingerprint density at radius 3 is 2.10 bits per heavy atom. The van der Waals surface area contributed by atoms with Crippen molar-refractivity contribution in [2.75, 3.05) is 4.90 Å². The summed E-state index contributed by atoms with van der Waals surface area (Å²) in [6.07, 6.45) is 1.87. The smallest absolute Gasteiger partial charge is 0.239 e. The van der Waals surface area contributed by atoms with Gasteiger partial charge in [-0.15, -0.1) is 0 Å². The number of rotatable bonds is 3. The van der Waals surface area contributed by atoms with E-state index in [1.807, 2.05) is 72.9 Å². The first-order valence-corrected chi connectivity index (χ1v) is 14.3. The van der Waals surface area contributed by atoms with E-state index < -0.39 is 17.3 Å². The van der Waals surface area contributed by atoms with E-state index in [1.54, 1.807) is 18.2 Å². The molecule has 3 aliphatic carbocycles. The molecular formula is C35H22Cl2N2O2. The summed E-state index contributed by atoms with van der Waals surface area (Å²) in [5.74, 6) is -1.82. The van der Waals surface area contributed by atoms with Crippen LogP contribution in [0, 0.1) is 11.8 Å². The van der Waals surface area contributed by atoms with E-state index in [0.29, 0.717) is 21.4 Å². The van der Waals surface area contributed by atoms with Gasteiger partial charge in [0.25, 0.3) is 0 Å². The van der Waals surface area contributed by atoms with E-state index >= 15 is 0 Å². The topological polar surface area (TPSA) is 49.7 Å². The molecule has 0 saturated carbocycles. The molecule has 1 heterocycles. The summed E-state index contributed by atoms with van der Waals surface area (Å²) in [7, 11) is 0. The third-order valence-electron chi connectivity index (χ3n) is 9.01. The third kappa shape index (κ3) is 3.26. The molecule has 5 aromatic carbocycles. The van der Waals surface area contributed by atoms with Crippen LogP contribution in [-0.4, -0.2) is 18.0 Å². The quantitative estimate of drug-likeness (QED) is 0.162. The van der Waals surface area contributed by atoms with Crippen molar-refractivity contribution >= 4 is 63.4 Å². The number of halogens is 2. The fraction of sp³-hybridized carbons (Fsp3) is 0.114. The van der Waals surface area contributed by atoms with Crippen molar-refractivity contribution < 1.29 is 9.59 Å². The number of nitrogens with zero attached hydrogens (tertiary/aromatic N) is 2. The van der Waals surface area contributed by atoms with Gasteiger partial charge in [-0.1, -0.05) is 108 Å². The zero-order valence-corrected chi connectivity index (χ0v) is 23.2. The van der Waals surface area contributed by atoms with Gasteiger partial charge >= 0.3 is 0 Å². The normalized spacial score (nSPS) is 24.1. The molecule has 0 aromatic heterocycles. The van der Waals surface area contributed by atoms with Crippen LogP contribution in [0.1, 0.15) is 28.2 Å². The van der Waals surface area contributed by atoms with Gasteiger partial charge in [0, 0.05) is 17.5 Å². The number of hydrogen-bond acceptors (Lipinski definition) is 3. The molecule has 2 amide bonds. The Labute approximate surface area is 246 Å². The summed E-state index contributed by atoms with van der Waals surface area (Å²) in [6, 6.07) is 35.2. The Bertz CT molecular complexity index is 1910. The summed E-state index contributed by atoms with van der Waals surface area (Å²) in [5.41, 5.74) is 4.43. The van der Waals surface area contributed by atoms with Gasteiger partial charge in [-0.05, 0) is 51.9 Å². The van der Waals surface area contributed by atoms with Gasteiger partial charge in [-0.2, -0.15) is 0 Å². The number of hydrogen-bond donors (Lipinski definition) is 0. The van der Waals surface area contributed by atoms with E-state index in [-0.39, 0.29) is 17.7 Å². The average molecular weight is 573 g/mol. The molecule has 4 aliphatic rings. The largest absolute Gasteiger partial charge is 0.274 e. The lowest BCUT2D eigenvalue weighted by molar-refractivity contribution is -0.122. The second-order valence-corrected chi connectivity index (χ2v) is 11.7. The molecule has 6 heteroatoms. The number of amides is 2. The van der Waals surface area contributed by atoms with E-state index in [4.69, 9.17) is 28.2 Å². The lowest BCUT2D eigenvalue weighted by atomic mass is 9.47. The molecule has 41 heavy (non-hydrogen) atoms. The van der Waals surface area contributed by atoms with Crippen molar-refractivity contribution in [3.05, 3.63) is 141 Å². The van der Waals surface area contributed by atoms with Crippen molar-refractivity contribution in [3.8, 4) is 0 Å². The van der Waals surface area contributed by atoms with Crippen molar-refractivity contribution in [1.82, 2.24) is 0 Å². The molecule has 1 saturated heterocycles. The fourth-order valence-electron chi connectivity index (χ4n) is 7.43. The molecule has 9 rings (SSSR count). The van der Waals surface area contributed by atoms with E-state index in [0.717, 1.165) is 33.0 Å². The van der Waals surface area contributed by atoms with Gasteiger partial charge in [0.2, 0.25) is 11.8 Å². The summed E-state index contributed by atoms with van der Waals surface area (Å²) in [6.45, 7) is 0. The van der Waals surface area contributed by atoms with Crippen molar-refractivity contribution in [3.63, 3.8) is 0 Å². The first kappa shape index (κ1) is 24.5. The second kappa shape index (κ2) is 8.87. The Morgan fingerprint density at radius 1 is 0.707 bits per heavy atom. The minimum absolute atomic E-state index is 0.169. The fourth-order valence-corrected chi connectivity index (χ4v) is 7.72. The molecule has 1 fully saturated rings. The standard InChI is InChI=1S/C35H22Cl2N2O2/c36-27-17-16-21(18-28(27)37)38-19-35-25-13-5-3-11-23(25)30(24-12-4-6-14-26(24)35)31-32(35)34(41)39(33(31)40)29-15-7-9-20-8-1-2-10-22(20)29/h1-19,30-32H/t30?,31-,32+,35?/m1/s1. The van der Waals surface area contributed by atoms with Gasteiger partial charge in [0.05, 0.1) is 38.7 Å². The van der Waals surface area contributed by atoms with Crippen LogP contribution >= 0.6 is 23.2 Å². The average Bonchev–Trinajstić information content (AvgIpc) is 3.28. The van der Waals surface area contributed by atoms with E-state index in [1.165, 1.54) is 4.90 Å². The van der Waals surface area contributed by atoms with Gasteiger partial charge in [0.15, 0.2) is 0 Å². The van der Waals surface area contributed by atoms with Crippen LogP contribution in [0.25, 0.3) is 10.8 Å². The molecule has 2 atom stereocenters. The van der Waals surface area contributed by atoms with Crippen molar-refractivity contribution in [2.24, 2.45) is 16.8 Å². The molecule has 2 bridgehead atoms. The van der Waals surface area contributed by atoms with Gasteiger partial charge in [-0.25, -0.2) is 4.90 Å². The SMILES string of the molecule is O=C1[C@@H]2C3c4ccccc4C(C=Nc4ccc(Cl)c(Cl)c4)(c4ccccc43)[C@@H]2C(=O)N1c1cccc2ccccc12. The highest BCUT2D eigenvalue weighted by atomic mass is 35.5. The molecule has 1 aliphatic heterocycles. The molecule has 0 radical (unpaired) electrons. The van der Waals surface area contributed by atoms with Crippen LogP contribution in [0.2, 0.25) is 10.0 Å². The Kier molecular flexibility index (Phi) is 5.31. The van der Waals surface area contributed by atoms with Crippen molar-refractivity contribution in [1.29, 1.82) is 0 Å². The minimum atomic E-state index is -0.954. The highest BCUT2D eigenvalue weighted by molar-refractivity contribution is 6.42. The Hall–Kier alpha value is -4.25. The zero-order chi connectivity index (χ0) is 27.9.